The van der Waals surface area contributed by atoms with Crippen molar-refractivity contribution in [3.05, 3.63) is 69.1 Å². The monoisotopic (exact) mass is 803 g/mol. The molecule has 5 N–H and O–H groups in total. The van der Waals surface area contributed by atoms with E-state index in [-0.39, 0.29) is 40.1 Å². The first-order valence-corrected chi connectivity index (χ1v) is 20.3. The van der Waals surface area contributed by atoms with E-state index in [1.807, 2.05) is 13.8 Å². The minimum Gasteiger partial charge on any atom is -0.488 e. The topological polar surface area (TPSA) is 225 Å². The van der Waals surface area contributed by atoms with E-state index in [4.69, 9.17) is 14.3 Å². The van der Waals surface area contributed by atoms with Crippen LogP contribution in [0.5, 0.6) is 5.75 Å². The summed E-state index contributed by atoms with van der Waals surface area (Å²) in [5, 5.41) is 12.4. The number of ether oxygens (including phenoxy) is 2. The molecule has 0 aliphatic carbocycles. The predicted octanol–water partition coefficient (Wildman–Crippen LogP) is 3.05. The lowest BCUT2D eigenvalue weighted by molar-refractivity contribution is -0.136. The number of thiazole rings is 1. The van der Waals surface area contributed by atoms with Crippen molar-refractivity contribution in [2.45, 2.75) is 102 Å². The fourth-order valence-electron chi connectivity index (χ4n) is 5.00. The first-order chi connectivity index (χ1) is 26.0. The van der Waals surface area contributed by atoms with Crippen LogP contribution in [0.25, 0.3) is 0 Å². The molecule has 1 unspecified atom stereocenters. The number of unbranched alkanes of at least 4 members (excludes halogenated alkanes) is 2. The maximum atomic E-state index is 13.2. The number of hydrogen-bond donors (Lipinski definition) is 5. The fourth-order valence-corrected chi connectivity index (χ4v) is 6.78. The highest BCUT2D eigenvalue weighted by molar-refractivity contribution is 7.89. The van der Waals surface area contributed by atoms with E-state index in [1.54, 1.807) is 33.1 Å². The van der Waals surface area contributed by atoms with Gasteiger partial charge >= 0.3 is 6.09 Å². The van der Waals surface area contributed by atoms with Gasteiger partial charge in [-0.05, 0) is 64.8 Å². The average molecular weight is 804 g/mol. The van der Waals surface area contributed by atoms with Crippen molar-refractivity contribution in [1.29, 1.82) is 0 Å². The maximum Gasteiger partial charge on any atom is 0.413 e. The number of carbonyl (C=O) groups excluding carboxylic acids is 4. The molecule has 17 nitrogen and oxygen atoms in total. The van der Waals surface area contributed by atoms with Crippen LogP contribution in [0, 0.1) is 0 Å². The van der Waals surface area contributed by atoms with Crippen LogP contribution in [0.15, 0.2) is 51.6 Å². The highest BCUT2D eigenvalue weighted by Gasteiger charge is 2.41. The van der Waals surface area contributed by atoms with Crippen LogP contribution in [-0.2, 0) is 30.9 Å². The fraction of sp³-hybridized carbons (Fsp3) is 0.500. The number of hydrogen-bond acceptors (Lipinski definition) is 12. The van der Waals surface area contributed by atoms with Gasteiger partial charge in [-0.3, -0.25) is 24.5 Å². The molecular formula is C36H49N7O10S2. The number of aromatic nitrogens is 2. The van der Waals surface area contributed by atoms with Gasteiger partial charge in [0.2, 0.25) is 27.3 Å². The Morgan fingerprint density at radius 1 is 1.05 bits per heavy atom. The highest BCUT2D eigenvalue weighted by atomic mass is 32.2. The van der Waals surface area contributed by atoms with Gasteiger partial charge in [0.15, 0.2) is 10.9 Å². The molecule has 1 saturated heterocycles. The lowest BCUT2D eigenvalue weighted by Crippen LogP contribution is -2.72. The number of nitrogens with one attached hydrogen (secondary N) is 5. The Morgan fingerprint density at radius 2 is 1.75 bits per heavy atom. The SMILES string of the molecule is CCCCOc1cn(OCCCC)c(CNS(=O)(=O)c2ccc(C(=O)NC[C@H]3NC(=O)[C@H]3NC(=O)C(C)c3csc(NC(=O)OC(C)(C)C)n3)cc2)cc1=O. The quantitative estimate of drug-likeness (QED) is 0.0875. The molecule has 0 bridgehead atoms. The molecule has 300 valence electrons. The zero-order valence-electron chi connectivity index (χ0n) is 31.7. The van der Waals surface area contributed by atoms with Gasteiger partial charge in [0, 0.05) is 23.6 Å². The molecule has 0 spiro atoms. The molecule has 1 fully saturated rings. The molecule has 4 amide bonds. The number of benzene rings is 1. The molecule has 0 radical (unpaired) electrons. The molecule has 3 aromatic rings. The summed E-state index contributed by atoms with van der Waals surface area (Å²) in [5.74, 6) is -2.07. The molecule has 19 heteroatoms. The summed E-state index contributed by atoms with van der Waals surface area (Å²) >= 11 is 1.12. The molecular weight excluding hydrogens is 755 g/mol. The zero-order chi connectivity index (χ0) is 40.3. The van der Waals surface area contributed by atoms with Crippen molar-refractivity contribution in [2.75, 3.05) is 25.1 Å². The Bertz CT molecular complexity index is 1990. The van der Waals surface area contributed by atoms with Gasteiger partial charge in [-0.15, -0.1) is 11.3 Å². The van der Waals surface area contributed by atoms with Crippen molar-refractivity contribution in [2.24, 2.45) is 0 Å². The average Bonchev–Trinajstić information content (AvgIpc) is 3.59. The van der Waals surface area contributed by atoms with Gasteiger partial charge in [0.25, 0.3) is 5.91 Å². The van der Waals surface area contributed by atoms with Crippen LogP contribution in [0.2, 0.25) is 0 Å². The van der Waals surface area contributed by atoms with E-state index in [2.05, 4.69) is 31.0 Å². The Kier molecular flexibility index (Phi) is 14.8. The van der Waals surface area contributed by atoms with E-state index in [1.165, 1.54) is 41.3 Å². The van der Waals surface area contributed by atoms with E-state index in [9.17, 15) is 32.4 Å². The Labute approximate surface area is 323 Å². The van der Waals surface area contributed by atoms with E-state index < -0.39 is 62.9 Å². The first kappa shape index (κ1) is 42.7. The van der Waals surface area contributed by atoms with Crippen LogP contribution in [-0.4, -0.2) is 79.4 Å². The van der Waals surface area contributed by atoms with Crippen LogP contribution < -0.4 is 41.0 Å². The number of pyridine rings is 1. The molecule has 0 saturated carbocycles. The van der Waals surface area contributed by atoms with E-state index >= 15 is 0 Å². The molecule has 3 heterocycles. The number of rotatable bonds is 19. The minimum absolute atomic E-state index is 0.0172. The molecule has 2 aromatic heterocycles. The Balaban J connectivity index is 1.30. The van der Waals surface area contributed by atoms with Gasteiger partial charge in [-0.25, -0.2) is 22.9 Å². The second-order valence-electron chi connectivity index (χ2n) is 13.8. The second-order valence-corrected chi connectivity index (χ2v) is 16.4. The maximum absolute atomic E-state index is 13.2. The summed E-state index contributed by atoms with van der Waals surface area (Å²) in [6, 6.07) is 4.99. The van der Waals surface area contributed by atoms with Gasteiger partial charge in [-0.1, -0.05) is 26.7 Å². The number of nitrogens with zero attached hydrogens (tertiary/aromatic N) is 2. The third kappa shape index (κ3) is 12.2. The lowest BCUT2D eigenvalue weighted by atomic mass is 9.97. The van der Waals surface area contributed by atoms with Crippen molar-refractivity contribution >= 4 is 50.3 Å². The summed E-state index contributed by atoms with van der Waals surface area (Å²) < 4.78 is 41.0. The van der Waals surface area contributed by atoms with Crippen LogP contribution >= 0.6 is 11.3 Å². The van der Waals surface area contributed by atoms with Crippen LogP contribution in [0.1, 0.15) is 94.9 Å². The van der Waals surface area contributed by atoms with Crippen molar-refractivity contribution in [3.8, 4) is 5.75 Å². The van der Waals surface area contributed by atoms with Gasteiger partial charge in [0.1, 0.15) is 18.2 Å². The summed E-state index contributed by atoms with van der Waals surface area (Å²) in [6.07, 6.45) is 4.04. The molecule has 4 rings (SSSR count). The van der Waals surface area contributed by atoms with Crippen LogP contribution in [0.4, 0.5) is 9.93 Å². The molecule has 1 aliphatic heterocycles. The normalized spacial score (nSPS) is 15.9. The minimum atomic E-state index is -4.07. The number of carbonyl (C=O) groups is 4. The molecule has 55 heavy (non-hydrogen) atoms. The highest BCUT2D eigenvalue weighted by Crippen LogP contribution is 2.24. The standard InChI is InChI=1S/C36H49N7O10S2/c1-7-9-15-51-29-20-43(52-16-10-8-2)24(17-28(29)44)18-38-55(49,50)25-13-11-23(12-14-25)32(46)37-19-26-30(33(47)39-26)41-31(45)22(3)27-21-54-34(40-27)42-35(48)53-36(4,5)6/h11-14,17,20-22,26,30,38H,7-10,15-16,18-19H2,1-6H3,(H,37,46)(H,39,47)(H,41,45)(H,40,42,48)/t22?,26-,30+/m1/s1. The zero-order valence-corrected chi connectivity index (χ0v) is 33.4. The first-order valence-electron chi connectivity index (χ1n) is 18.0. The lowest BCUT2D eigenvalue weighted by Gasteiger charge is -2.37. The third-order valence-electron chi connectivity index (χ3n) is 8.17. The van der Waals surface area contributed by atoms with Gasteiger partial charge in [-0.2, -0.15) is 4.73 Å². The van der Waals surface area contributed by atoms with E-state index in [0.717, 1.165) is 37.0 Å². The Hall–Kier alpha value is -5.01. The Morgan fingerprint density at radius 3 is 2.40 bits per heavy atom. The summed E-state index contributed by atoms with van der Waals surface area (Å²) in [7, 11) is -4.07. The third-order valence-corrected chi connectivity index (χ3v) is 10.4. The number of β-lactam (4-membered cyclic amide) rings is 1. The van der Waals surface area contributed by atoms with Crippen molar-refractivity contribution in [3.63, 3.8) is 0 Å². The van der Waals surface area contributed by atoms with Crippen molar-refractivity contribution < 1.29 is 41.9 Å². The van der Waals surface area contributed by atoms with E-state index in [0.29, 0.717) is 18.9 Å². The number of sulfonamides is 1. The second kappa shape index (κ2) is 19.0. The number of anilines is 1. The molecule has 1 aromatic carbocycles. The largest absolute Gasteiger partial charge is 0.488 e. The summed E-state index contributed by atoms with van der Waals surface area (Å²) in [4.78, 5) is 72.9. The predicted molar refractivity (Wildman–Crippen MR) is 205 cm³/mol. The van der Waals surface area contributed by atoms with Gasteiger partial charge < -0.3 is 30.3 Å². The summed E-state index contributed by atoms with van der Waals surface area (Å²) in [5.41, 5.74) is -0.269. The molecule has 3 atom stereocenters. The van der Waals surface area contributed by atoms with Crippen molar-refractivity contribution in [1.82, 2.24) is 30.4 Å². The number of amides is 4. The van der Waals surface area contributed by atoms with Crippen LogP contribution in [0.3, 0.4) is 0 Å². The summed E-state index contributed by atoms with van der Waals surface area (Å²) in [6.45, 7) is 11.3. The van der Waals surface area contributed by atoms with Gasteiger partial charge in [0.05, 0.1) is 47.6 Å². The molecule has 1 aliphatic rings. The smallest absolute Gasteiger partial charge is 0.413 e.